The Morgan fingerprint density at radius 3 is 2.57 bits per heavy atom. The average molecular weight is 300 g/mol. The van der Waals surface area contributed by atoms with Gasteiger partial charge in [-0.05, 0) is 24.3 Å². The zero-order valence-corrected chi connectivity index (χ0v) is 12.1. The molecule has 1 aliphatic heterocycles. The molecular formula is C18H12N4O. The molecule has 1 amide bonds. The number of para-hydroxylation sites is 1. The van der Waals surface area contributed by atoms with Gasteiger partial charge in [0.15, 0.2) is 5.69 Å². The highest BCUT2D eigenvalue weighted by Crippen LogP contribution is 2.29. The van der Waals surface area contributed by atoms with E-state index < -0.39 is 0 Å². The van der Waals surface area contributed by atoms with Gasteiger partial charge in [0.05, 0.1) is 16.8 Å². The number of hydrogen-bond acceptors (Lipinski definition) is 4. The summed E-state index contributed by atoms with van der Waals surface area (Å²) >= 11 is 0. The molecule has 5 heteroatoms. The second-order valence-electron chi connectivity index (χ2n) is 5.10. The first-order valence-corrected chi connectivity index (χ1v) is 7.19. The van der Waals surface area contributed by atoms with E-state index in [9.17, 15) is 4.79 Å². The number of hydrogen-bond donors (Lipinski definition) is 1. The summed E-state index contributed by atoms with van der Waals surface area (Å²) in [5, 5.41) is 12.0. The normalized spacial score (nSPS) is 10.8. The SMILES string of the molecule is O=C(Nc1ccccc1)c1nnc2cccc3cccnc3c1-2. The molecule has 0 saturated heterocycles. The van der Waals surface area contributed by atoms with Gasteiger partial charge in [0.1, 0.15) is 0 Å². The van der Waals surface area contributed by atoms with E-state index in [2.05, 4.69) is 20.5 Å². The van der Waals surface area contributed by atoms with E-state index >= 15 is 0 Å². The van der Waals surface area contributed by atoms with Gasteiger partial charge in [-0.1, -0.05) is 36.4 Å². The molecule has 0 fully saturated rings. The van der Waals surface area contributed by atoms with Crippen LogP contribution in [0.3, 0.4) is 0 Å². The molecule has 1 N–H and O–H groups in total. The number of carbonyl (C=O) groups excluding carboxylic acids is 1. The van der Waals surface area contributed by atoms with Crippen molar-refractivity contribution < 1.29 is 4.79 Å². The minimum absolute atomic E-state index is 0.281. The van der Waals surface area contributed by atoms with Crippen LogP contribution in [0, 0.1) is 0 Å². The van der Waals surface area contributed by atoms with Crippen LogP contribution < -0.4 is 5.32 Å². The molecule has 2 heterocycles. The lowest BCUT2D eigenvalue weighted by molar-refractivity contribution is 0.102. The molecule has 110 valence electrons. The molecule has 0 saturated carbocycles. The second kappa shape index (κ2) is 5.46. The first-order valence-electron chi connectivity index (χ1n) is 7.19. The van der Waals surface area contributed by atoms with Crippen molar-refractivity contribution in [1.82, 2.24) is 15.2 Å². The molecular weight excluding hydrogens is 288 g/mol. The fourth-order valence-electron chi connectivity index (χ4n) is 2.55. The third-order valence-corrected chi connectivity index (χ3v) is 3.60. The van der Waals surface area contributed by atoms with Gasteiger partial charge in [-0.3, -0.25) is 9.78 Å². The molecule has 2 aliphatic rings. The zero-order chi connectivity index (χ0) is 15.6. The molecule has 0 spiro atoms. The Kier molecular flexibility index (Phi) is 3.16. The smallest absolute Gasteiger partial charge is 0.276 e. The average Bonchev–Trinajstić information content (AvgIpc) is 2.92. The van der Waals surface area contributed by atoms with E-state index in [0.717, 1.165) is 10.9 Å². The second-order valence-corrected chi connectivity index (χ2v) is 5.10. The summed E-state index contributed by atoms with van der Waals surface area (Å²) in [6, 6.07) is 18.8. The fraction of sp³-hybridized carbons (Fsp3) is 0. The molecule has 1 aliphatic carbocycles. The van der Waals surface area contributed by atoms with Gasteiger partial charge < -0.3 is 5.32 Å². The number of aromatic nitrogens is 3. The van der Waals surface area contributed by atoms with Crippen LogP contribution in [0.2, 0.25) is 0 Å². The Labute approximate surface area is 132 Å². The number of pyridine rings is 1. The molecule has 4 rings (SSSR count). The highest BCUT2D eigenvalue weighted by atomic mass is 16.1. The molecule has 0 unspecified atom stereocenters. The predicted molar refractivity (Wildman–Crippen MR) is 88.4 cm³/mol. The number of carbonyl (C=O) groups is 1. The number of anilines is 1. The summed E-state index contributed by atoms with van der Waals surface area (Å²) in [5.41, 5.74) is 3.03. The minimum Gasteiger partial charge on any atom is -0.321 e. The lowest BCUT2D eigenvalue weighted by Crippen LogP contribution is -2.13. The van der Waals surface area contributed by atoms with Crippen LogP contribution in [0.15, 0.2) is 66.9 Å². The van der Waals surface area contributed by atoms with Crippen molar-refractivity contribution >= 4 is 22.5 Å². The van der Waals surface area contributed by atoms with Crippen molar-refractivity contribution in [2.24, 2.45) is 0 Å². The highest BCUT2D eigenvalue weighted by Gasteiger charge is 2.22. The summed E-state index contributed by atoms with van der Waals surface area (Å²) in [4.78, 5) is 17.0. The van der Waals surface area contributed by atoms with Crippen LogP contribution in [0.1, 0.15) is 10.5 Å². The third kappa shape index (κ3) is 2.38. The number of rotatable bonds is 2. The minimum atomic E-state index is -0.295. The number of nitrogens with one attached hydrogen (secondary N) is 1. The van der Waals surface area contributed by atoms with E-state index in [1.165, 1.54) is 0 Å². The maximum atomic E-state index is 12.6. The van der Waals surface area contributed by atoms with Crippen LogP contribution in [0.5, 0.6) is 0 Å². The molecule has 0 bridgehead atoms. The lowest BCUT2D eigenvalue weighted by atomic mass is 10.1. The molecule has 5 nitrogen and oxygen atoms in total. The lowest BCUT2D eigenvalue weighted by Gasteiger charge is -2.04. The van der Waals surface area contributed by atoms with Crippen LogP contribution >= 0.6 is 0 Å². The Morgan fingerprint density at radius 2 is 1.70 bits per heavy atom. The van der Waals surface area contributed by atoms with Crippen LogP contribution in [-0.4, -0.2) is 21.1 Å². The maximum Gasteiger partial charge on any atom is 0.276 e. The van der Waals surface area contributed by atoms with Crippen LogP contribution in [-0.2, 0) is 0 Å². The number of fused-ring (bicyclic) bond motifs is 3. The first-order chi connectivity index (χ1) is 11.3. The van der Waals surface area contributed by atoms with E-state index in [0.29, 0.717) is 16.9 Å². The van der Waals surface area contributed by atoms with Crippen molar-refractivity contribution in [3.8, 4) is 11.3 Å². The fourth-order valence-corrected chi connectivity index (χ4v) is 2.55. The van der Waals surface area contributed by atoms with E-state index in [1.807, 2.05) is 60.7 Å². The van der Waals surface area contributed by atoms with Crippen molar-refractivity contribution in [3.05, 3.63) is 72.6 Å². The standard InChI is InChI=1S/C18H12N4O/c23-18(20-13-8-2-1-3-9-13)17-15-14(21-22-17)10-4-6-12-7-5-11-19-16(12)15/h1-11H,(H,20,23). The quantitative estimate of drug-likeness (QED) is 0.616. The van der Waals surface area contributed by atoms with E-state index in [1.54, 1.807) is 6.20 Å². The van der Waals surface area contributed by atoms with Gasteiger partial charge >= 0.3 is 0 Å². The van der Waals surface area contributed by atoms with Gasteiger partial charge in [0.25, 0.3) is 5.91 Å². The zero-order valence-electron chi connectivity index (χ0n) is 12.1. The van der Waals surface area contributed by atoms with Crippen molar-refractivity contribution in [3.63, 3.8) is 0 Å². The first kappa shape index (κ1) is 13.3. The van der Waals surface area contributed by atoms with Gasteiger partial charge in [0, 0.05) is 17.3 Å². The van der Waals surface area contributed by atoms with Gasteiger partial charge in [-0.15, -0.1) is 10.2 Å². The highest BCUT2D eigenvalue weighted by molar-refractivity contribution is 6.11. The molecule has 0 radical (unpaired) electrons. The van der Waals surface area contributed by atoms with Crippen molar-refractivity contribution in [2.45, 2.75) is 0 Å². The Balaban J connectivity index is 1.85. The Bertz CT molecular complexity index is 969. The van der Waals surface area contributed by atoms with Crippen molar-refractivity contribution in [1.29, 1.82) is 0 Å². The maximum absolute atomic E-state index is 12.6. The number of amides is 1. The van der Waals surface area contributed by atoms with Crippen molar-refractivity contribution in [2.75, 3.05) is 5.32 Å². The largest absolute Gasteiger partial charge is 0.321 e. The molecule has 1 aromatic heterocycles. The predicted octanol–water partition coefficient (Wildman–Crippen LogP) is 3.38. The topological polar surface area (TPSA) is 67.8 Å². The Morgan fingerprint density at radius 1 is 0.870 bits per heavy atom. The summed E-state index contributed by atoms with van der Waals surface area (Å²) < 4.78 is 0. The number of nitrogens with zero attached hydrogens (tertiary/aromatic N) is 3. The molecule has 1 aromatic carbocycles. The van der Waals surface area contributed by atoms with Crippen LogP contribution in [0.25, 0.3) is 22.2 Å². The summed E-state index contributed by atoms with van der Waals surface area (Å²) in [5.74, 6) is -0.295. The van der Waals surface area contributed by atoms with E-state index in [-0.39, 0.29) is 11.6 Å². The third-order valence-electron chi connectivity index (χ3n) is 3.60. The summed E-state index contributed by atoms with van der Waals surface area (Å²) in [6.07, 6.45) is 1.70. The summed E-state index contributed by atoms with van der Waals surface area (Å²) in [6.45, 7) is 0. The van der Waals surface area contributed by atoms with Crippen LogP contribution in [0.4, 0.5) is 5.69 Å². The van der Waals surface area contributed by atoms with Gasteiger partial charge in [0.2, 0.25) is 0 Å². The molecule has 2 aromatic rings. The molecule has 0 atom stereocenters. The monoisotopic (exact) mass is 300 g/mol. The number of benzene rings is 1. The Hall–Kier alpha value is -3.34. The van der Waals surface area contributed by atoms with Gasteiger partial charge in [-0.25, -0.2) is 0 Å². The summed E-state index contributed by atoms with van der Waals surface area (Å²) in [7, 11) is 0. The molecule has 23 heavy (non-hydrogen) atoms. The van der Waals surface area contributed by atoms with E-state index in [4.69, 9.17) is 0 Å². The van der Waals surface area contributed by atoms with Gasteiger partial charge in [-0.2, -0.15) is 0 Å².